The summed E-state index contributed by atoms with van der Waals surface area (Å²) in [6.45, 7) is 6.36. The summed E-state index contributed by atoms with van der Waals surface area (Å²) in [5.74, 6) is 0.959. The van der Waals surface area contributed by atoms with Gasteiger partial charge in [0.15, 0.2) is 0 Å². The van der Waals surface area contributed by atoms with Crippen molar-refractivity contribution in [2.24, 2.45) is 0 Å². The first kappa shape index (κ1) is 9.97. The topological polar surface area (TPSA) is 24.9 Å². The van der Waals surface area contributed by atoms with Gasteiger partial charge in [-0.25, -0.2) is 4.98 Å². The number of anilines is 1. The number of aryl methyl sites for hydroxylation is 1. The van der Waals surface area contributed by atoms with Gasteiger partial charge in [0.05, 0.1) is 5.52 Å². The van der Waals surface area contributed by atoms with E-state index in [4.69, 9.17) is 0 Å². The quantitative estimate of drug-likeness (QED) is 0.804. The molecule has 1 heterocycles. The fourth-order valence-electron chi connectivity index (χ4n) is 1.72. The molecule has 0 atom stereocenters. The zero-order valence-electron chi connectivity index (χ0n) is 9.41. The molecular weight excluding hydrogens is 184 g/mol. The van der Waals surface area contributed by atoms with E-state index in [9.17, 15) is 0 Å². The van der Waals surface area contributed by atoms with Crippen molar-refractivity contribution < 1.29 is 0 Å². The fraction of sp³-hybridized carbons (Fsp3) is 0.308. The molecule has 1 N–H and O–H groups in total. The first-order valence-corrected chi connectivity index (χ1v) is 5.30. The molecule has 78 valence electrons. The highest BCUT2D eigenvalue weighted by Crippen LogP contribution is 2.19. The third-order valence-electron chi connectivity index (χ3n) is 2.36. The number of fused-ring (bicyclic) bond motifs is 1. The summed E-state index contributed by atoms with van der Waals surface area (Å²) in [4.78, 5) is 4.57. The van der Waals surface area contributed by atoms with Crippen molar-refractivity contribution in [2.75, 3.05) is 5.32 Å². The second kappa shape index (κ2) is 3.89. The molecule has 2 aromatic rings. The monoisotopic (exact) mass is 200 g/mol. The number of benzene rings is 1. The van der Waals surface area contributed by atoms with E-state index in [1.54, 1.807) is 0 Å². The Morgan fingerprint density at radius 3 is 2.67 bits per heavy atom. The standard InChI is InChI=1S/C13H16N2/c1-9(2)14-13-8-10(3)11-6-4-5-7-12(11)15-13/h4-9H,1-3H3,(H,14,15). The minimum atomic E-state index is 0.415. The Bertz CT molecular complexity index is 475. The molecule has 0 radical (unpaired) electrons. The Morgan fingerprint density at radius 2 is 1.93 bits per heavy atom. The summed E-state index contributed by atoms with van der Waals surface area (Å²) < 4.78 is 0. The van der Waals surface area contributed by atoms with Gasteiger partial charge in [-0.15, -0.1) is 0 Å². The normalized spacial score (nSPS) is 10.9. The number of pyridine rings is 1. The van der Waals surface area contributed by atoms with Gasteiger partial charge < -0.3 is 5.32 Å². The molecule has 2 nitrogen and oxygen atoms in total. The predicted octanol–water partition coefficient (Wildman–Crippen LogP) is 3.36. The second-order valence-corrected chi connectivity index (χ2v) is 4.14. The van der Waals surface area contributed by atoms with Gasteiger partial charge >= 0.3 is 0 Å². The molecule has 0 aliphatic heterocycles. The molecule has 0 saturated heterocycles. The SMILES string of the molecule is Cc1cc(NC(C)C)nc2ccccc12. The molecule has 1 aromatic carbocycles. The van der Waals surface area contributed by atoms with Crippen LogP contribution < -0.4 is 5.32 Å². The Balaban J connectivity index is 2.52. The molecule has 1 aromatic heterocycles. The average molecular weight is 200 g/mol. The van der Waals surface area contributed by atoms with Gasteiger partial charge in [0.1, 0.15) is 5.82 Å². The van der Waals surface area contributed by atoms with Crippen LogP contribution in [0, 0.1) is 6.92 Å². The molecule has 0 aliphatic rings. The number of hydrogen-bond acceptors (Lipinski definition) is 2. The van der Waals surface area contributed by atoms with E-state index in [0.717, 1.165) is 11.3 Å². The Kier molecular flexibility index (Phi) is 2.58. The minimum absolute atomic E-state index is 0.415. The molecular formula is C13H16N2. The van der Waals surface area contributed by atoms with Crippen LogP contribution in [0.4, 0.5) is 5.82 Å². The van der Waals surface area contributed by atoms with E-state index < -0.39 is 0 Å². The van der Waals surface area contributed by atoms with Crippen LogP contribution in [0.1, 0.15) is 19.4 Å². The zero-order valence-corrected chi connectivity index (χ0v) is 9.41. The molecule has 0 unspecified atom stereocenters. The molecule has 0 fully saturated rings. The van der Waals surface area contributed by atoms with E-state index in [1.807, 2.05) is 18.2 Å². The Morgan fingerprint density at radius 1 is 1.20 bits per heavy atom. The van der Waals surface area contributed by atoms with E-state index in [-0.39, 0.29) is 0 Å². The third-order valence-corrected chi connectivity index (χ3v) is 2.36. The van der Waals surface area contributed by atoms with Crippen molar-refractivity contribution >= 4 is 16.7 Å². The Hall–Kier alpha value is -1.57. The lowest BCUT2D eigenvalue weighted by molar-refractivity contribution is 0.891. The lowest BCUT2D eigenvalue weighted by Gasteiger charge is -2.11. The number of rotatable bonds is 2. The lowest BCUT2D eigenvalue weighted by Crippen LogP contribution is -2.11. The highest BCUT2D eigenvalue weighted by Gasteiger charge is 2.02. The van der Waals surface area contributed by atoms with E-state index >= 15 is 0 Å². The maximum atomic E-state index is 4.57. The number of para-hydroxylation sites is 1. The van der Waals surface area contributed by atoms with Crippen molar-refractivity contribution in [1.82, 2.24) is 4.98 Å². The van der Waals surface area contributed by atoms with Gasteiger partial charge in [-0.2, -0.15) is 0 Å². The summed E-state index contributed by atoms with van der Waals surface area (Å²) in [5.41, 5.74) is 2.32. The van der Waals surface area contributed by atoms with Crippen LogP contribution in [0.25, 0.3) is 10.9 Å². The smallest absolute Gasteiger partial charge is 0.127 e. The van der Waals surface area contributed by atoms with Gasteiger partial charge in [0.2, 0.25) is 0 Å². The largest absolute Gasteiger partial charge is 0.368 e. The molecule has 0 aliphatic carbocycles. The first-order valence-electron chi connectivity index (χ1n) is 5.30. The second-order valence-electron chi connectivity index (χ2n) is 4.14. The van der Waals surface area contributed by atoms with Crippen LogP contribution >= 0.6 is 0 Å². The predicted molar refractivity (Wildman–Crippen MR) is 65.2 cm³/mol. The van der Waals surface area contributed by atoms with Crippen molar-refractivity contribution in [1.29, 1.82) is 0 Å². The maximum absolute atomic E-state index is 4.57. The summed E-state index contributed by atoms with van der Waals surface area (Å²) in [5, 5.41) is 4.56. The van der Waals surface area contributed by atoms with Crippen LogP contribution in [0.5, 0.6) is 0 Å². The highest BCUT2D eigenvalue weighted by atomic mass is 15.0. The van der Waals surface area contributed by atoms with Crippen LogP contribution in [-0.2, 0) is 0 Å². The number of aromatic nitrogens is 1. The van der Waals surface area contributed by atoms with Crippen molar-refractivity contribution in [3.63, 3.8) is 0 Å². The van der Waals surface area contributed by atoms with Crippen LogP contribution in [0.2, 0.25) is 0 Å². The van der Waals surface area contributed by atoms with E-state index in [0.29, 0.717) is 6.04 Å². The molecule has 0 spiro atoms. The first-order chi connectivity index (χ1) is 7.16. The van der Waals surface area contributed by atoms with Gasteiger partial charge in [-0.1, -0.05) is 18.2 Å². The molecule has 0 bridgehead atoms. The van der Waals surface area contributed by atoms with Crippen molar-refractivity contribution in [2.45, 2.75) is 26.8 Å². The van der Waals surface area contributed by atoms with Crippen molar-refractivity contribution in [3.8, 4) is 0 Å². The molecule has 2 rings (SSSR count). The van der Waals surface area contributed by atoms with Crippen LogP contribution in [0.3, 0.4) is 0 Å². The lowest BCUT2D eigenvalue weighted by atomic mass is 10.1. The maximum Gasteiger partial charge on any atom is 0.127 e. The Labute approximate surface area is 90.3 Å². The number of nitrogens with one attached hydrogen (secondary N) is 1. The fourth-order valence-corrected chi connectivity index (χ4v) is 1.72. The average Bonchev–Trinajstić information content (AvgIpc) is 2.16. The molecule has 0 saturated carbocycles. The molecule has 2 heteroatoms. The molecule has 0 amide bonds. The number of hydrogen-bond donors (Lipinski definition) is 1. The number of nitrogens with zero attached hydrogens (tertiary/aromatic N) is 1. The van der Waals surface area contributed by atoms with E-state index in [2.05, 4.69) is 43.2 Å². The summed E-state index contributed by atoms with van der Waals surface area (Å²) in [6, 6.07) is 10.7. The van der Waals surface area contributed by atoms with E-state index in [1.165, 1.54) is 10.9 Å². The van der Waals surface area contributed by atoms with Crippen molar-refractivity contribution in [3.05, 3.63) is 35.9 Å². The van der Waals surface area contributed by atoms with Gasteiger partial charge in [-0.05, 0) is 38.5 Å². The van der Waals surface area contributed by atoms with Gasteiger partial charge in [0, 0.05) is 11.4 Å². The van der Waals surface area contributed by atoms with Crippen LogP contribution in [-0.4, -0.2) is 11.0 Å². The summed E-state index contributed by atoms with van der Waals surface area (Å²) in [7, 11) is 0. The molecule has 15 heavy (non-hydrogen) atoms. The van der Waals surface area contributed by atoms with Crippen LogP contribution in [0.15, 0.2) is 30.3 Å². The van der Waals surface area contributed by atoms with Gasteiger partial charge in [-0.3, -0.25) is 0 Å². The minimum Gasteiger partial charge on any atom is -0.368 e. The third kappa shape index (κ3) is 2.09. The summed E-state index contributed by atoms with van der Waals surface area (Å²) in [6.07, 6.45) is 0. The zero-order chi connectivity index (χ0) is 10.8. The highest BCUT2D eigenvalue weighted by molar-refractivity contribution is 5.83. The summed E-state index contributed by atoms with van der Waals surface area (Å²) >= 11 is 0. The van der Waals surface area contributed by atoms with Gasteiger partial charge in [0.25, 0.3) is 0 Å².